The largest absolute Gasteiger partial charge is 0.462 e. The molecule has 1 saturated heterocycles. The second-order valence-electron chi connectivity index (χ2n) is 5.82. The van der Waals surface area contributed by atoms with E-state index < -0.39 is 5.41 Å². The predicted molar refractivity (Wildman–Crippen MR) is 66.5 cm³/mol. The number of rotatable bonds is 2. The molecule has 0 bridgehead atoms. The summed E-state index contributed by atoms with van der Waals surface area (Å²) in [6.45, 7) is 3.99. The molecule has 0 radical (unpaired) electrons. The molecule has 0 amide bonds. The monoisotopic (exact) mass is 240 g/mol. The number of carbonyl (C=O) groups excluding carboxylic acids is 1. The van der Waals surface area contributed by atoms with E-state index >= 15 is 0 Å². The van der Waals surface area contributed by atoms with Crippen LogP contribution in [0, 0.1) is 5.41 Å². The Morgan fingerprint density at radius 2 is 2.00 bits per heavy atom. The number of likely N-dealkylation sites (tertiary alicyclic amines) is 1. The van der Waals surface area contributed by atoms with Crippen molar-refractivity contribution >= 4 is 5.97 Å². The number of nitrogens with two attached hydrogens (primary N) is 1. The highest BCUT2D eigenvalue weighted by molar-refractivity contribution is 5.78. The first-order chi connectivity index (χ1) is 8.02. The summed E-state index contributed by atoms with van der Waals surface area (Å²) in [6.07, 6.45) is 4.86. The van der Waals surface area contributed by atoms with Crippen molar-refractivity contribution in [2.24, 2.45) is 11.1 Å². The van der Waals surface area contributed by atoms with Crippen molar-refractivity contribution in [3.05, 3.63) is 0 Å². The highest BCUT2D eigenvalue weighted by Gasteiger charge is 2.45. The molecule has 2 rings (SSSR count). The molecule has 2 unspecified atom stereocenters. The molecule has 2 fully saturated rings. The Hall–Kier alpha value is -0.610. The van der Waals surface area contributed by atoms with Gasteiger partial charge < -0.3 is 15.4 Å². The van der Waals surface area contributed by atoms with Gasteiger partial charge in [0.15, 0.2) is 0 Å². The number of piperidine rings is 1. The third-order valence-corrected chi connectivity index (χ3v) is 4.44. The molecular weight excluding hydrogens is 216 g/mol. The Balaban J connectivity index is 1.88. The van der Waals surface area contributed by atoms with Gasteiger partial charge in [-0.1, -0.05) is 6.42 Å². The lowest BCUT2D eigenvalue weighted by Gasteiger charge is -2.33. The van der Waals surface area contributed by atoms with Crippen LogP contribution in [0.15, 0.2) is 0 Å². The quantitative estimate of drug-likeness (QED) is 0.735. The van der Waals surface area contributed by atoms with Gasteiger partial charge in [0.25, 0.3) is 0 Å². The summed E-state index contributed by atoms with van der Waals surface area (Å²) in [7, 11) is 2.10. The first-order valence-corrected chi connectivity index (χ1v) is 6.67. The number of hydrogen-bond donors (Lipinski definition) is 1. The minimum absolute atomic E-state index is 0.0266. The van der Waals surface area contributed by atoms with E-state index in [-0.39, 0.29) is 18.1 Å². The SMILES string of the molecule is CN1CCC(OC(=O)C2(C)CCCC2N)CC1. The number of nitrogens with zero attached hydrogens (tertiary/aromatic N) is 1. The molecule has 2 atom stereocenters. The molecule has 1 aliphatic carbocycles. The van der Waals surface area contributed by atoms with Crippen molar-refractivity contribution in [2.75, 3.05) is 20.1 Å². The van der Waals surface area contributed by atoms with Gasteiger partial charge in [0, 0.05) is 19.1 Å². The van der Waals surface area contributed by atoms with Gasteiger partial charge in [-0.05, 0) is 39.7 Å². The van der Waals surface area contributed by atoms with Crippen LogP contribution >= 0.6 is 0 Å². The highest BCUT2D eigenvalue weighted by Crippen LogP contribution is 2.38. The average molecular weight is 240 g/mol. The Morgan fingerprint density at radius 1 is 1.35 bits per heavy atom. The van der Waals surface area contributed by atoms with Crippen LogP contribution in [-0.4, -0.2) is 43.2 Å². The molecule has 0 aromatic carbocycles. The molecule has 2 N–H and O–H groups in total. The highest BCUT2D eigenvalue weighted by atomic mass is 16.5. The van der Waals surface area contributed by atoms with Crippen LogP contribution in [0.2, 0.25) is 0 Å². The van der Waals surface area contributed by atoms with E-state index in [0.717, 1.165) is 45.2 Å². The van der Waals surface area contributed by atoms with Crippen molar-refractivity contribution in [1.29, 1.82) is 0 Å². The van der Waals surface area contributed by atoms with Crippen LogP contribution in [0.25, 0.3) is 0 Å². The Morgan fingerprint density at radius 3 is 2.53 bits per heavy atom. The topological polar surface area (TPSA) is 55.6 Å². The lowest BCUT2D eigenvalue weighted by Crippen LogP contribution is -2.45. The summed E-state index contributed by atoms with van der Waals surface area (Å²) < 4.78 is 5.65. The summed E-state index contributed by atoms with van der Waals surface area (Å²) >= 11 is 0. The van der Waals surface area contributed by atoms with E-state index in [1.54, 1.807) is 0 Å². The molecule has 2 aliphatic rings. The van der Waals surface area contributed by atoms with E-state index in [2.05, 4.69) is 11.9 Å². The van der Waals surface area contributed by atoms with E-state index in [1.807, 2.05) is 6.92 Å². The van der Waals surface area contributed by atoms with E-state index in [4.69, 9.17) is 10.5 Å². The Kier molecular flexibility index (Phi) is 3.73. The lowest BCUT2D eigenvalue weighted by atomic mass is 9.85. The van der Waals surface area contributed by atoms with Crippen LogP contribution in [0.5, 0.6) is 0 Å². The second-order valence-corrected chi connectivity index (χ2v) is 5.82. The zero-order valence-electron chi connectivity index (χ0n) is 10.9. The molecule has 1 saturated carbocycles. The van der Waals surface area contributed by atoms with Crippen molar-refractivity contribution in [3.63, 3.8) is 0 Å². The van der Waals surface area contributed by atoms with E-state index in [9.17, 15) is 4.79 Å². The first kappa shape index (κ1) is 12.8. The maximum atomic E-state index is 12.2. The molecule has 98 valence electrons. The molecule has 0 aromatic heterocycles. The van der Waals surface area contributed by atoms with Crippen LogP contribution in [0.3, 0.4) is 0 Å². The maximum absolute atomic E-state index is 12.2. The normalized spacial score (nSPS) is 36.1. The van der Waals surface area contributed by atoms with Crippen molar-refractivity contribution < 1.29 is 9.53 Å². The number of carbonyl (C=O) groups is 1. The zero-order chi connectivity index (χ0) is 12.5. The maximum Gasteiger partial charge on any atom is 0.313 e. The van der Waals surface area contributed by atoms with Gasteiger partial charge in [0.1, 0.15) is 6.10 Å². The van der Waals surface area contributed by atoms with Crippen molar-refractivity contribution in [3.8, 4) is 0 Å². The number of hydrogen-bond acceptors (Lipinski definition) is 4. The molecule has 1 aliphatic heterocycles. The predicted octanol–water partition coefficient (Wildman–Crippen LogP) is 1.14. The van der Waals surface area contributed by atoms with Crippen LogP contribution in [0.1, 0.15) is 39.0 Å². The minimum atomic E-state index is -0.441. The second kappa shape index (κ2) is 4.94. The third kappa shape index (κ3) is 2.63. The number of ether oxygens (including phenoxy) is 1. The fraction of sp³-hybridized carbons (Fsp3) is 0.923. The number of esters is 1. The van der Waals surface area contributed by atoms with Gasteiger partial charge in [-0.2, -0.15) is 0 Å². The van der Waals surface area contributed by atoms with Gasteiger partial charge >= 0.3 is 5.97 Å². The van der Waals surface area contributed by atoms with Gasteiger partial charge in [-0.25, -0.2) is 0 Å². The van der Waals surface area contributed by atoms with Crippen molar-refractivity contribution in [2.45, 2.75) is 51.2 Å². The van der Waals surface area contributed by atoms with Gasteiger partial charge in [-0.15, -0.1) is 0 Å². The Labute approximate surface area is 103 Å². The standard InChI is InChI=1S/C13H24N2O2/c1-13(7-3-4-11(13)14)12(16)17-10-5-8-15(2)9-6-10/h10-11H,3-9,14H2,1-2H3. The average Bonchev–Trinajstić information content (AvgIpc) is 2.64. The van der Waals surface area contributed by atoms with Gasteiger partial charge in [0.05, 0.1) is 5.41 Å². The summed E-state index contributed by atoms with van der Waals surface area (Å²) in [6, 6.07) is -0.0266. The summed E-state index contributed by atoms with van der Waals surface area (Å²) in [5.74, 6) is -0.0722. The molecule has 0 aromatic rings. The summed E-state index contributed by atoms with van der Waals surface area (Å²) in [5, 5.41) is 0. The third-order valence-electron chi connectivity index (χ3n) is 4.44. The molecule has 1 heterocycles. The zero-order valence-corrected chi connectivity index (χ0v) is 10.9. The molecular formula is C13H24N2O2. The van der Waals surface area contributed by atoms with Crippen LogP contribution in [-0.2, 0) is 9.53 Å². The van der Waals surface area contributed by atoms with Gasteiger partial charge in [-0.3, -0.25) is 4.79 Å². The fourth-order valence-electron chi connectivity index (χ4n) is 2.84. The van der Waals surface area contributed by atoms with E-state index in [0.29, 0.717) is 0 Å². The molecule has 4 heteroatoms. The Bertz CT molecular complexity index is 287. The first-order valence-electron chi connectivity index (χ1n) is 6.67. The van der Waals surface area contributed by atoms with Crippen LogP contribution < -0.4 is 5.73 Å². The molecule has 0 spiro atoms. The fourth-order valence-corrected chi connectivity index (χ4v) is 2.84. The molecule has 4 nitrogen and oxygen atoms in total. The van der Waals surface area contributed by atoms with Gasteiger partial charge in [0.2, 0.25) is 0 Å². The minimum Gasteiger partial charge on any atom is -0.462 e. The lowest BCUT2D eigenvalue weighted by molar-refractivity contribution is -0.163. The van der Waals surface area contributed by atoms with Crippen molar-refractivity contribution in [1.82, 2.24) is 4.90 Å². The summed E-state index contributed by atoms with van der Waals surface area (Å²) in [4.78, 5) is 14.5. The summed E-state index contributed by atoms with van der Waals surface area (Å²) in [5.41, 5.74) is 5.59. The van der Waals surface area contributed by atoms with Crippen LogP contribution in [0.4, 0.5) is 0 Å². The molecule has 17 heavy (non-hydrogen) atoms. The smallest absolute Gasteiger partial charge is 0.313 e. The van der Waals surface area contributed by atoms with E-state index in [1.165, 1.54) is 0 Å².